The van der Waals surface area contributed by atoms with Crippen LogP contribution in [0.25, 0.3) is 0 Å². The molecule has 0 aliphatic carbocycles. The zero-order valence-electron chi connectivity index (χ0n) is 18.5. The normalized spacial score (nSPS) is 11.0. The van der Waals surface area contributed by atoms with E-state index in [4.69, 9.17) is 18.9 Å². The number of pyridine rings is 1. The molecule has 0 spiro atoms. The van der Waals surface area contributed by atoms with Crippen molar-refractivity contribution in [2.45, 2.75) is 53.1 Å². The number of ether oxygens (including phenoxy) is 4. The Bertz CT molecular complexity index is 849. The Morgan fingerprint density at radius 2 is 1.81 bits per heavy atom. The van der Waals surface area contributed by atoms with Crippen molar-refractivity contribution in [3.8, 4) is 5.75 Å². The molecular formula is C23H30N2O6. The molecule has 0 bridgehead atoms. The summed E-state index contributed by atoms with van der Waals surface area (Å²) in [5, 5.41) is 2.64. The number of benzene rings is 1. The van der Waals surface area contributed by atoms with Gasteiger partial charge in [-0.3, -0.25) is 9.78 Å². The summed E-state index contributed by atoms with van der Waals surface area (Å²) in [7, 11) is 0. The minimum atomic E-state index is -0.550. The Kier molecular flexibility index (Phi) is 9.27. The number of carbonyl (C=O) groups is 2. The monoisotopic (exact) mass is 430 g/mol. The molecule has 0 saturated heterocycles. The van der Waals surface area contributed by atoms with Gasteiger partial charge in [-0.1, -0.05) is 30.3 Å². The van der Waals surface area contributed by atoms with E-state index in [1.54, 1.807) is 33.0 Å². The van der Waals surface area contributed by atoms with Crippen molar-refractivity contribution >= 4 is 12.1 Å². The van der Waals surface area contributed by atoms with Crippen LogP contribution in [-0.2, 0) is 38.8 Å². The predicted molar refractivity (Wildman–Crippen MR) is 114 cm³/mol. The van der Waals surface area contributed by atoms with Gasteiger partial charge < -0.3 is 24.3 Å². The van der Waals surface area contributed by atoms with Crippen LogP contribution in [0, 0.1) is 0 Å². The molecule has 0 atom stereocenters. The lowest BCUT2D eigenvalue weighted by atomic mass is 10.2. The van der Waals surface area contributed by atoms with Crippen LogP contribution >= 0.6 is 0 Å². The smallest absolute Gasteiger partial charge is 0.407 e. The highest BCUT2D eigenvalue weighted by Crippen LogP contribution is 2.21. The fourth-order valence-electron chi connectivity index (χ4n) is 2.49. The minimum Gasteiger partial charge on any atom is -0.487 e. The highest BCUT2D eigenvalue weighted by Gasteiger charge is 2.15. The van der Waals surface area contributed by atoms with Crippen molar-refractivity contribution < 1.29 is 28.5 Å². The summed E-state index contributed by atoms with van der Waals surface area (Å²) in [6, 6.07) is 11.6. The van der Waals surface area contributed by atoms with Gasteiger partial charge in [-0.25, -0.2) is 4.79 Å². The summed E-state index contributed by atoms with van der Waals surface area (Å²) in [5.74, 6) is 0.202. The minimum absolute atomic E-state index is 0.0709. The Hall–Kier alpha value is -3.13. The number of hydrogen-bond donors (Lipinski definition) is 1. The molecule has 1 aromatic carbocycles. The molecule has 1 amide bonds. The van der Waals surface area contributed by atoms with Gasteiger partial charge in [0.2, 0.25) is 0 Å². The van der Waals surface area contributed by atoms with Gasteiger partial charge >= 0.3 is 12.1 Å². The number of carbonyl (C=O) groups excluding carboxylic acids is 2. The summed E-state index contributed by atoms with van der Waals surface area (Å²) in [6.45, 7) is 8.05. The number of nitrogens with zero attached hydrogens (tertiary/aromatic N) is 1. The highest BCUT2D eigenvalue weighted by molar-refractivity contribution is 5.67. The van der Waals surface area contributed by atoms with Crippen LogP contribution in [0.3, 0.4) is 0 Å². The van der Waals surface area contributed by atoms with Crippen LogP contribution in [0.4, 0.5) is 4.79 Å². The fourth-order valence-corrected chi connectivity index (χ4v) is 2.49. The lowest BCUT2D eigenvalue weighted by molar-refractivity contribution is -0.142. The summed E-state index contributed by atoms with van der Waals surface area (Å²) >= 11 is 0. The Labute approximate surface area is 182 Å². The number of aromatic nitrogens is 1. The maximum atomic E-state index is 11.7. The highest BCUT2D eigenvalue weighted by atomic mass is 16.6. The molecule has 0 aliphatic rings. The third-order valence-electron chi connectivity index (χ3n) is 3.84. The zero-order valence-corrected chi connectivity index (χ0v) is 18.5. The van der Waals surface area contributed by atoms with E-state index in [0.717, 1.165) is 11.1 Å². The number of rotatable bonds is 10. The third kappa shape index (κ3) is 9.95. The number of nitrogens with one attached hydrogen (secondary N) is 1. The van der Waals surface area contributed by atoms with Crippen LogP contribution in [0.1, 0.15) is 44.5 Å². The first-order valence-corrected chi connectivity index (χ1v) is 10.1. The summed E-state index contributed by atoms with van der Waals surface area (Å²) in [5.41, 5.74) is 1.84. The molecule has 1 aromatic heterocycles. The standard InChI is InChI=1S/C23H30N2O6/c1-17(26)29-16-20-12-19(15-28-11-10-24-22(27)31-23(2,3)4)21(13-25-20)30-14-18-8-6-5-7-9-18/h5-9,12-13H,10-11,14-16H2,1-4H3,(H,24,27). The van der Waals surface area contributed by atoms with Crippen molar-refractivity contribution in [3.05, 3.63) is 59.4 Å². The van der Waals surface area contributed by atoms with Crippen molar-refractivity contribution in [1.29, 1.82) is 0 Å². The maximum absolute atomic E-state index is 11.7. The zero-order chi connectivity index (χ0) is 22.7. The number of alkyl carbamates (subject to hydrolysis) is 1. The van der Waals surface area contributed by atoms with E-state index in [1.807, 2.05) is 30.3 Å². The van der Waals surface area contributed by atoms with Gasteiger partial charge in [0.05, 0.1) is 25.1 Å². The topological polar surface area (TPSA) is 96.0 Å². The van der Waals surface area contributed by atoms with Crippen LogP contribution in [0.15, 0.2) is 42.6 Å². The van der Waals surface area contributed by atoms with Crippen molar-refractivity contribution in [2.75, 3.05) is 13.2 Å². The number of hydrogen-bond acceptors (Lipinski definition) is 7. The first-order chi connectivity index (χ1) is 14.7. The predicted octanol–water partition coefficient (Wildman–Crippen LogP) is 3.77. The van der Waals surface area contributed by atoms with Gasteiger partial charge in [0.15, 0.2) is 0 Å². The van der Waals surface area contributed by atoms with E-state index in [-0.39, 0.29) is 19.2 Å². The van der Waals surface area contributed by atoms with Crippen LogP contribution < -0.4 is 10.1 Å². The molecule has 1 N–H and O–H groups in total. The molecule has 0 fully saturated rings. The lowest BCUT2D eigenvalue weighted by Gasteiger charge is -2.19. The van der Waals surface area contributed by atoms with Gasteiger partial charge in [0.25, 0.3) is 0 Å². The summed E-state index contributed by atoms with van der Waals surface area (Å²) in [4.78, 5) is 27.0. The van der Waals surface area contributed by atoms with Gasteiger partial charge in [0, 0.05) is 19.0 Å². The Morgan fingerprint density at radius 1 is 1.06 bits per heavy atom. The van der Waals surface area contributed by atoms with Gasteiger partial charge in [-0.05, 0) is 32.4 Å². The van der Waals surface area contributed by atoms with Crippen molar-refractivity contribution in [2.24, 2.45) is 0 Å². The quantitative estimate of drug-likeness (QED) is 0.453. The molecule has 0 aliphatic heterocycles. The molecule has 168 valence electrons. The second-order valence-corrected chi connectivity index (χ2v) is 7.82. The molecule has 0 saturated carbocycles. The molecule has 8 nitrogen and oxygen atoms in total. The summed E-state index contributed by atoms with van der Waals surface area (Å²) < 4.78 is 21.8. The molecule has 0 unspecified atom stereocenters. The first-order valence-electron chi connectivity index (χ1n) is 10.1. The van der Waals surface area contributed by atoms with E-state index < -0.39 is 11.7 Å². The molecule has 2 aromatic rings. The average molecular weight is 431 g/mol. The van der Waals surface area contributed by atoms with E-state index in [2.05, 4.69) is 10.3 Å². The SMILES string of the molecule is CC(=O)OCc1cc(COCCNC(=O)OC(C)(C)C)c(OCc2ccccc2)cn1. The van der Waals surface area contributed by atoms with E-state index in [9.17, 15) is 9.59 Å². The first kappa shape index (κ1) is 24.1. The fraction of sp³-hybridized carbons (Fsp3) is 0.435. The van der Waals surface area contributed by atoms with Gasteiger partial charge in [-0.15, -0.1) is 0 Å². The lowest BCUT2D eigenvalue weighted by Crippen LogP contribution is -2.34. The molecule has 8 heteroatoms. The molecule has 0 radical (unpaired) electrons. The molecule has 1 heterocycles. The van der Waals surface area contributed by atoms with Gasteiger partial charge in [-0.2, -0.15) is 0 Å². The second-order valence-electron chi connectivity index (χ2n) is 7.82. The Morgan fingerprint density at radius 3 is 2.48 bits per heavy atom. The molecule has 2 rings (SSSR count). The third-order valence-corrected chi connectivity index (χ3v) is 3.84. The Balaban J connectivity index is 1.92. The molecular weight excluding hydrogens is 400 g/mol. The van der Waals surface area contributed by atoms with Crippen molar-refractivity contribution in [3.63, 3.8) is 0 Å². The van der Waals surface area contributed by atoms with Crippen LogP contribution in [0.2, 0.25) is 0 Å². The largest absolute Gasteiger partial charge is 0.487 e. The second kappa shape index (κ2) is 11.9. The summed E-state index contributed by atoms with van der Waals surface area (Å²) in [6.07, 6.45) is 1.11. The maximum Gasteiger partial charge on any atom is 0.407 e. The average Bonchev–Trinajstić information content (AvgIpc) is 2.70. The van der Waals surface area contributed by atoms with E-state index >= 15 is 0 Å². The number of amides is 1. The van der Waals surface area contributed by atoms with Gasteiger partial charge in [0.1, 0.15) is 24.6 Å². The van der Waals surface area contributed by atoms with Crippen LogP contribution in [0.5, 0.6) is 5.75 Å². The van der Waals surface area contributed by atoms with Crippen molar-refractivity contribution in [1.82, 2.24) is 10.3 Å². The van der Waals surface area contributed by atoms with E-state index in [1.165, 1.54) is 6.92 Å². The van der Waals surface area contributed by atoms with Crippen LogP contribution in [-0.4, -0.2) is 35.8 Å². The van der Waals surface area contributed by atoms with E-state index in [0.29, 0.717) is 31.2 Å². The number of esters is 1. The molecule has 31 heavy (non-hydrogen) atoms.